The molecule has 0 aliphatic carbocycles. The second-order valence-corrected chi connectivity index (χ2v) is 8.39. The van der Waals surface area contributed by atoms with E-state index in [1.165, 1.54) is 25.1 Å². The highest BCUT2D eigenvalue weighted by atomic mass is 35.5. The normalized spacial score (nSPS) is 12.3. The second kappa shape index (κ2) is 5.33. The Morgan fingerprint density at radius 1 is 1.26 bits per heavy atom. The summed E-state index contributed by atoms with van der Waals surface area (Å²) in [6.45, 7) is 1.50. The van der Waals surface area contributed by atoms with Crippen molar-refractivity contribution < 1.29 is 21.4 Å². The van der Waals surface area contributed by atoms with Crippen LogP contribution < -0.4 is 0 Å². The minimum Gasteiger partial charge on any atom is -0.282 e. The summed E-state index contributed by atoms with van der Waals surface area (Å²) in [5, 5.41) is 0. The summed E-state index contributed by atoms with van der Waals surface area (Å²) in [6, 6.07) is 3.75. The molecule has 1 N–H and O–H groups in total. The summed E-state index contributed by atoms with van der Waals surface area (Å²) in [5.74, 6) is -0.0715. The fourth-order valence-corrected chi connectivity index (χ4v) is 4.23. The van der Waals surface area contributed by atoms with Crippen molar-refractivity contribution >= 4 is 53.9 Å². The number of nitrogens with zero attached hydrogens (tertiary/aromatic N) is 1. The standard InChI is InChI=1S/C9H9NO5S3.ClH/c1-2-17(11,12)9-10-7-4-3-6(18(13,14)15)5-8(7)16-9;/h3-5H,2H2,1H3,(H,13,14,15);1H. The summed E-state index contributed by atoms with van der Waals surface area (Å²) in [7, 11) is -7.71. The largest absolute Gasteiger partial charge is 0.294 e. The molecule has 0 saturated carbocycles. The maximum atomic E-state index is 11.6. The van der Waals surface area contributed by atoms with Crippen LogP contribution in [-0.2, 0) is 20.0 Å². The lowest BCUT2D eigenvalue weighted by atomic mass is 10.3. The van der Waals surface area contributed by atoms with Gasteiger partial charge in [0.2, 0.25) is 14.2 Å². The number of hydrogen-bond donors (Lipinski definition) is 1. The summed E-state index contributed by atoms with van der Waals surface area (Å²) in [6.07, 6.45) is 0. The van der Waals surface area contributed by atoms with Crippen molar-refractivity contribution in [1.29, 1.82) is 0 Å². The number of hydrogen-bond acceptors (Lipinski definition) is 6. The fraction of sp³-hybridized carbons (Fsp3) is 0.222. The Balaban J connectivity index is 0.00000180. The highest BCUT2D eigenvalue weighted by Gasteiger charge is 2.18. The summed E-state index contributed by atoms with van der Waals surface area (Å²) in [5.41, 5.74) is 0.388. The maximum Gasteiger partial charge on any atom is 0.294 e. The monoisotopic (exact) mass is 343 g/mol. The van der Waals surface area contributed by atoms with Gasteiger partial charge in [0.05, 0.1) is 20.9 Å². The van der Waals surface area contributed by atoms with Crippen molar-refractivity contribution in [1.82, 2.24) is 4.98 Å². The van der Waals surface area contributed by atoms with Gasteiger partial charge in [-0.05, 0) is 18.2 Å². The molecule has 0 aliphatic heterocycles. The third kappa shape index (κ3) is 3.23. The SMILES string of the molecule is CCS(=O)(=O)c1nc2ccc(S(=O)(=O)O)cc2s1.Cl. The number of fused-ring (bicyclic) bond motifs is 1. The topological polar surface area (TPSA) is 101 Å². The zero-order valence-corrected chi connectivity index (χ0v) is 12.9. The Morgan fingerprint density at radius 3 is 2.42 bits per heavy atom. The predicted molar refractivity (Wildman–Crippen MR) is 74.4 cm³/mol. The summed E-state index contributed by atoms with van der Waals surface area (Å²) in [4.78, 5) is 3.65. The first-order valence-electron chi connectivity index (χ1n) is 4.85. The van der Waals surface area contributed by atoms with Gasteiger partial charge in [0.15, 0.2) is 0 Å². The maximum absolute atomic E-state index is 11.6. The van der Waals surface area contributed by atoms with Crippen LogP contribution in [0, 0.1) is 0 Å². The van der Waals surface area contributed by atoms with E-state index in [0.29, 0.717) is 10.2 Å². The van der Waals surface area contributed by atoms with Crippen LogP contribution in [0.5, 0.6) is 0 Å². The molecule has 0 aliphatic rings. The molecule has 6 nitrogen and oxygen atoms in total. The van der Waals surface area contributed by atoms with Gasteiger partial charge in [-0.15, -0.1) is 23.7 Å². The third-order valence-corrected chi connectivity index (χ3v) is 6.34. The number of aromatic nitrogens is 1. The lowest BCUT2D eigenvalue weighted by Gasteiger charge is -1.94. The van der Waals surface area contributed by atoms with Gasteiger partial charge in [0, 0.05) is 0 Å². The molecular weight excluding hydrogens is 334 g/mol. The Hall–Kier alpha value is -0.740. The van der Waals surface area contributed by atoms with Gasteiger partial charge >= 0.3 is 0 Å². The minimum absolute atomic E-state index is 0. The number of halogens is 1. The second-order valence-electron chi connectivity index (χ2n) is 3.49. The van der Waals surface area contributed by atoms with Crippen LogP contribution in [0.2, 0.25) is 0 Å². The first-order valence-corrected chi connectivity index (χ1v) is 8.76. The Kier molecular flexibility index (Phi) is 4.58. The van der Waals surface area contributed by atoms with Gasteiger partial charge in [-0.25, -0.2) is 13.4 Å². The van der Waals surface area contributed by atoms with E-state index in [9.17, 15) is 16.8 Å². The molecule has 2 aromatic rings. The van der Waals surface area contributed by atoms with E-state index in [1.54, 1.807) is 0 Å². The fourth-order valence-electron chi connectivity index (χ4n) is 1.30. The van der Waals surface area contributed by atoms with E-state index in [0.717, 1.165) is 11.3 Å². The van der Waals surface area contributed by atoms with Crippen LogP contribution in [0.25, 0.3) is 10.2 Å². The Morgan fingerprint density at radius 2 is 1.89 bits per heavy atom. The van der Waals surface area contributed by atoms with Gasteiger partial charge in [0.25, 0.3) is 10.1 Å². The van der Waals surface area contributed by atoms with Crippen LogP contribution in [-0.4, -0.2) is 32.1 Å². The molecule has 2 rings (SSSR count). The molecule has 1 heterocycles. The predicted octanol–water partition coefficient (Wildman–Crippen LogP) is 1.76. The molecule has 10 heteroatoms. The zero-order chi connectivity index (χ0) is 13.6. The molecule has 19 heavy (non-hydrogen) atoms. The molecule has 0 atom stereocenters. The minimum atomic E-state index is -4.30. The molecule has 0 radical (unpaired) electrons. The van der Waals surface area contributed by atoms with Crippen LogP contribution in [0.4, 0.5) is 0 Å². The van der Waals surface area contributed by atoms with E-state index in [2.05, 4.69) is 4.98 Å². The van der Waals surface area contributed by atoms with Crippen molar-refractivity contribution in [2.75, 3.05) is 5.75 Å². The molecular formula is C9H10ClNO5S3. The molecule has 0 saturated heterocycles. The van der Waals surface area contributed by atoms with E-state index in [4.69, 9.17) is 4.55 Å². The van der Waals surface area contributed by atoms with Crippen LogP contribution >= 0.6 is 23.7 Å². The van der Waals surface area contributed by atoms with Crippen LogP contribution in [0.1, 0.15) is 6.92 Å². The molecule has 1 aromatic carbocycles. The van der Waals surface area contributed by atoms with Crippen LogP contribution in [0.15, 0.2) is 27.4 Å². The van der Waals surface area contributed by atoms with Crippen molar-refractivity contribution in [3.05, 3.63) is 18.2 Å². The van der Waals surface area contributed by atoms with Gasteiger partial charge in [0.1, 0.15) is 0 Å². The van der Waals surface area contributed by atoms with Crippen molar-refractivity contribution in [2.24, 2.45) is 0 Å². The quantitative estimate of drug-likeness (QED) is 0.852. The third-order valence-electron chi connectivity index (χ3n) is 2.28. The zero-order valence-electron chi connectivity index (χ0n) is 9.60. The molecule has 1 aromatic heterocycles. The molecule has 0 amide bonds. The lowest BCUT2D eigenvalue weighted by molar-refractivity contribution is 0.483. The molecule has 0 bridgehead atoms. The molecule has 0 unspecified atom stereocenters. The highest BCUT2D eigenvalue weighted by Crippen LogP contribution is 2.28. The van der Waals surface area contributed by atoms with Gasteiger partial charge in [-0.1, -0.05) is 6.92 Å². The number of sulfone groups is 1. The molecule has 0 spiro atoms. The van der Waals surface area contributed by atoms with E-state index in [1.807, 2.05) is 0 Å². The number of thiazole rings is 1. The van der Waals surface area contributed by atoms with Gasteiger partial charge in [-0.2, -0.15) is 8.42 Å². The first kappa shape index (κ1) is 16.3. The smallest absolute Gasteiger partial charge is 0.282 e. The summed E-state index contributed by atoms with van der Waals surface area (Å²) >= 11 is 0.884. The highest BCUT2D eigenvalue weighted by molar-refractivity contribution is 7.93. The van der Waals surface area contributed by atoms with Gasteiger partial charge < -0.3 is 0 Å². The van der Waals surface area contributed by atoms with Gasteiger partial charge in [-0.3, -0.25) is 4.55 Å². The van der Waals surface area contributed by atoms with E-state index >= 15 is 0 Å². The van der Waals surface area contributed by atoms with E-state index in [-0.39, 0.29) is 27.4 Å². The Labute approximate surface area is 120 Å². The molecule has 0 fully saturated rings. The summed E-state index contributed by atoms with van der Waals surface area (Å²) < 4.78 is 54.4. The number of rotatable bonds is 3. The average Bonchev–Trinajstić information content (AvgIpc) is 2.71. The van der Waals surface area contributed by atoms with Crippen molar-refractivity contribution in [3.63, 3.8) is 0 Å². The lowest BCUT2D eigenvalue weighted by Crippen LogP contribution is -2.02. The van der Waals surface area contributed by atoms with E-state index < -0.39 is 20.0 Å². The van der Waals surface area contributed by atoms with Crippen molar-refractivity contribution in [3.8, 4) is 0 Å². The Bertz CT molecular complexity index is 809. The molecule has 106 valence electrons. The van der Waals surface area contributed by atoms with Crippen molar-refractivity contribution in [2.45, 2.75) is 16.2 Å². The average molecular weight is 344 g/mol. The number of benzene rings is 1. The first-order chi connectivity index (χ1) is 8.24. The van der Waals surface area contributed by atoms with Crippen LogP contribution in [0.3, 0.4) is 0 Å².